The summed E-state index contributed by atoms with van der Waals surface area (Å²) in [5, 5.41) is 0. The van der Waals surface area contributed by atoms with Gasteiger partial charge in [-0.2, -0.15) is 0 Å². The Balaban J connectivity index is 1.73. The molecule has 7 heteroatoms. The Morgan fingerprint density at radius 3 is 2.68 bits per heavy atom. The fourth-order valence-electron chi connectivity index (χ4n) is 2.45. The first-order chi connectivity index (χ1) is 10.6. The minimum Gasteiger partial charge on any atom is -0.272 e. The molecule has 1 aromatic carbocycles. The lowest BCUT2D eigenvalue weighted by atomic mass is 10.1. The third-order valence-corrected chi connectivity index (χ3v) is 4.82. The number of nitrogens with zero attached hydrogens (tertiary/aromatic N) is 1. The van der Waals surface area contributed by atoms with E-state index in [-0.39, 0.29) is 10.6 Å². The summed E-state index contributed by atoms with van der Waals surface area (Å²) in [5.74, 6) is -0.606. The van der Waals surface area contributed by atoms with Gasteiger partial charge in [0.15, 0.2) is 0 Å². The number of hydrogen-bond acceptors (Lipinski definition) is 4. The number of aryl methyl sites for hydroxylation is 2. The van der Waals surface area contributed by atoms with Gasteiger partial charge in [0, 0.05) is 6.20 Å². The summed E-state index contributed by atoms with van der Waals surface area (Å²) in [6, 6.07) is 9.87. The van der Waals surface area contributed by atoms with Crippen LogP contribution in [0.5, 0.6) is 0 Å². The van der Waals surface area contributed by atoms with Crippen LogP contribution in [-0.2, 0) is 22.9 Å². The van der Waals surface area contributed by atoms with Gasteiger partial charge < -0.3 is 0 Å². The quantitative estimate of drug-likeness (QED) is 0.829. The monoisotopic (exact) mass is 317 g/mol. The molecule has 22 heavy (non-hydrogen) atoms. The predicted octanol–water partition coefficient (Wildman–Crippen LogP) is 1.19. The summed E-state index contributed by atoms with van der Waals surface area (Å²) in [6.45, 7) is 0. The maximum Gasteiger partial charge on any atom is 0.284 e. The number of aromatic nitrogens is 1. The Morgan fingerprint density at radius 1 is 1.09 bits per heavy atom. The van der Waals surface area contributed by atoms with Crippen LogP contribution in [0, 0.1) is 0 Å². The van der Waals surface area contributed by atoms with E-state index in [0.717, 1.165) is 24.8 Å². The van der Waals surface area contributed by atoms with E-state index in [1.54, 1.807) is 24.3 Å². The molecule has 0 fully saturated rings. The number of benzene rings is 1. The second-order valence-corrected chi connectivity index (χ2v) is 6.74. The molecule has 1 aliphatic carbocycles. The van der Waals surface area contributed by atoms with Crippen molar-refractivity contribution in [1.29, 1.82) is 0 Å². The Labute approximate surface area is 128 Å². The number of hydrazine groups is 1. The SMILES string of the molecule is O=C(NNS(=O)(=O)c1ccc2c(c1)CCC2)c1ccccn1. The largest absolute Gasteiger partial charge is 0.284 e. The fourth-order valence-corrected chi connectivity index (χ4v) is 3.34. The average molecular weight is 317 g/mol. The zero-order valence-electron chi connectivity index (χ0n) is 11.7. The van der Waals surface area contributed by atoms with Crippen molar-refractivity contribution in [2.75, 3.05) is 0 Å². The van der Waals surface area contributed by atoms with E-state index in [4.69, 9.17) is 0 Å². The molecule has 0 saturated carbocycles. The third-order valence-electron chi connectivity index (χ3n) is 3.58. The molecule has 0 unspecified atom stereocenters. The first kappa shape index (κ1) is 14.7. The lowest BCUT2D eigenvalue weighted by Gasteiger charge is -2.09. The third kappa shape index (κ3) is 3.00. The van der Waals surface area contributed by atoms with Crippen LogP contribution >= 0.6 is 0 Å². The van der Waals surface area contributed by atoms with Crippen LogP contribution in [0.1, 0.15) is 28.0 Å². The topological polar surface area (TPSA) is 88.2 Å². The van der Waals surface area contributed by atoms with Gasteiger partial charge in [-0.05, 0) is 54.7 Å². The van der Waals surface area contributed by atoms with Crippen molar-refractivity contribution < 1.29 is 13.2 Å². The maximum atomic E-state index is 12.2. The highest BCUT2D eigenvalue weighted by molar-refractivity contribution is 7.89. The first-order valence-corrected chi connectivity index (χ1v) is 8.39. The second-order valence-electron chi connectivity index (χ2n) is 5.06. The summed E-state index contributed by atoms with van der Waals surface area (Å²) in [4.78, 5) is 17.9. The number of carbonyl (C=O) groups excluding carboxylic acids is 1. The van der Waals surface area contributed by atoms with Gasteiger partial charge in [-0.3, -0.25) is 15.2 Å². The fraction of sp³-hybridized carbons (Fsp3) is 0.200. The molecular weight excluding hydrogens is 302 g/mol. The van der Waals surface area contributed by atoms with Crippen LogP contribution in [0.25, 0.3) is 0 Å². The van der Waals surface area contributed by atoms with Gasteiger partial charge in [0.05, 0.1) is 4.90 Å². The molecule has 2 N–H and O–H groups in total. The van der Waals surface area contributed by atoms with E-state index in [0.29, 0.717) is 0 Å². The molecule has 6 nitrogen and oxygen atoms in total. The summed E-state index contributed by atoms with van der Waals surface area (Å²) < 4.78 is 24.4. The highest BCUT2D eigenvalue weighted by Crippen LogP contribution is 2.24. The molecule has 0 spiro atoms. The smallest absolute Gasteiger partial charge is 0.272 e. The molecule has 1 aromatic heterocycles. The molecule has 0 atom stereocenters. The van der Waals surface area contributed by atoms with Gasteiger partial charge in [-0.1, -0.05) is 12.1 Å². The van der Waals surface area contributed by atoms with Crippen LogP contribution < -0.4 is 10.3 Å². The average Bonchev–Trinajstić information content (AvgIpc) is 3.01. The van der Waals surface area contributed by atoms with Crippen LogP contribution in [0.3, 0.4) is 0 Å². The number of fused-ring (bicyclic) bond motifs is 1. The van der Waals surface area contributed by atoms with Gasteiger partial charge in [-0.25, -0.2) is 8.42 Å². The van der Waals surface area contributed by atoms with Gasteiger partial charge in [-0.15, -0.1) is 4.83 Å². The number of nitrogens with one attached hydrogen (secondary N) is 2. The molecule has 0 radical (unpaired) electrons. The second kappa shape index (κ2) is 5.86. The predicted molar refractivity (Wildman–Crippen MR) is 80.5 cm³/mol. The number of hydrogen-bond donors (Lipinski definition) is 2. The summed E-state index contributed by atoms with van der Waals surface area (Å²) in [5.41, 5.74) is 4.55. The molecule has 1 aliphatic rings. The van der Waals surface area contributed by atoms with Gasteiger partial charge in [0.2, 0.25) is 0 Å². The Bertz CT molecular complexity index is 804. The van der Waals surface area contributed by atoms with Gasteiger partial charge in [0.25, 0.3) is 15.9 Å². The molecule has 0 saturated heterocycles. The van der Waals surface area contributed by atoms with Crippen LogP contribution in [0.15, 0.2) is 47.5 Å². The van der Waals surface area contributed by atoms with E-state index < -0.39 is 15.9 Å². The van der Waals surface area contributed by atoms with Crippen molar-refractivity contribution in [2.24, 2.45) is 0 Å². The van der Waals surface area contributed by atoms with Crippen molar-refractivity contribution >= 4 is 15.9 Å². The zero-order valence-corrected chi connectivity index (χ0v) is 12.6. The lowest BCUT2D eigenvalue weighted by molar-refractivity contribution is 0.0940. The summed E-state index contributed by atoms with van der Waals surface area (Å²) in [6.07, 6.45) is 4.38. The Morgan fingerprint density at radius 2 is 1.91 bits per heavy atom. The van der Waals surface area contributed by atoms with Crippen LogP contribution in [0.4, 0.5) is 0 Å². The van der Waals surface area contributed by atoms with Crippen LogP contribution in [-0.4, -0.2) is 19.3 Å². The molecule has 0 bridgehead atoms. The van der Waals surface area contributed by atoms with Gasteiger partial charge >= 0.3 is 0 Å². The highest BCUT2D eigenvalue weighted by Gasteiger charge is 2.19. The zero-order chi connectivity index (χ0) is 15.6. The molecule has 2 aromatic rings. The first-order valence-electron chi connectivity index (χ1n) is 6.91. The summed E-state index contributed by atoms with van der Waals surface area (Å²) in [7, 11) is -3.79. The number of rotatable bonds is 4. The molecular formula is C15H15N3O3S. The maximum absolute atomic E-state index is 12.2. The van der Waals surface area contributed by atoms with Crippen molar-refractivity contribution in [3.63, 3.8) is 0 Å². The van der Waals surface area contributed by atoms with E-state index in [9.17, 15) is 13.2 Å². The molecule has 1 heterocycles. The summed E-state index contributed by atoms with van der Waals surface area (Å²) >= 11 is 0. The minimum absolute atomic E-state index is 0.138. The number of pyridine rings is 1. The van der Waals surface area contributed by atoms with Crippen LogP contribution in [0.2, 0.25) is 0 Å². The van der Waals surface area contributed by atoms with E-state index in [2.05, 4.69) is 15.2 Å². The molecule has 114 valence electrons. The standard InChI is InChI=1S/C15H15N3O3S/c19-15(14-6-1-2-9-16-14)17-18-22(20,21)13-8-7-11-4-3-5-12(11)10-13/h1-2,6-10,18H,3-5H2,(H,17,19). The van der Waals surface area contributed by atoms with Crippen molar-refractivity contribution in [3.8, 4) is 0 Å². The Kier molecular flexibility index (Phi) is 3.91. The van der Waals surface area contributed by atoms with E-state index in [1.807, 2.05) is 6.07 Å². The molecule has 1 amide bonds. The van der Waals surface area contributed by atoms with E-state index in [1.165, 1.54) is 17.8 Å². The van der Waals surface area contributed by atoms with Gasteiger partial charge in [0.1, 0.15) is 5.69 Å². The number of amides is 1. The Hall–Kier alpha value is -2.25. The molecule has 3 rings (SSSR count). The van der Waals surface area contributed by atoms with E-state index >= 15 is 0 Å². The van der Waals surface area contributed by atoms with Crippen molar-refractivity contribution in [3.05, 3.63) is 59.4 Å². The lowest BCUT2D eigenvalue weighted by Crippen LogP contribution is -2.41. The minimum atomic E-state index is -3.79. The normalized spacial score (nSPS) is 13.6. The highest BCUT2D eigenvalue weighted by atomic mass is 32.2. The molecule has 0 aliphatic heterocycles. The number of sulfonamides is 1. The van der Waals surface area contributed by atoms with Crippen molar-refractivity contribution in [2.45, 2.75) is 24.2 Å². The van der Waals surface area contributed by atoms with Crippen molar-refractivity contribution in [1.82, 2.24) is 15.2 Å². The number of carbonyl (C=O) groups is 1.